The molecule has 0 aliphatic carbocycles. The third-order valence-corrected chi connectivity index (χ3v) is 4.91. The van der Waals surface area contributed by atoms with Crippen LogP contribution in [0.3, 0.4) is 0 Å². The average molecular weight is 363 g/mol. The molecular weight excluding hydrogens is 328 g/mol. The Morgan fingerprint density at radius 2 is 1.29 bits per heavy atom. The van der Waals surface area contributed by atoms with Gasteiger partial charge in [0, 0.05) is 5.33 Å². The number of methoxy groups -OCH3 is 1. The number of carbonyl (C=O) groups excluding carboxylic acids is 1. The van der Waals surface area contributed by atoms with Gasteiger partial charge in [-0.05, 0) is 6.42 Å². The zero-order valence-electron chi connectivity index (χ0n) is 14.2. The molecular formula is C18H35BrO2. The number of esters is 1. The molecule has 0 saturated heterocycles. The lowest BCUT2D eigenvalue weighted by Gasteiger charge is -2.10. The van der Waals surface area contributed by atoms with Gasteiger partial charge in [-0.2, -0.15) is 0 Å². The molecule has 0 amide bonds. The highest BCUT2D eigenvalue weighted by Crippen LogP contribution is 2.16. The van der Waals surface area contributed by atoms with Gasteiger partial charge in [-0.3, -0.25) is 4.79 Å². The molecule has 0 radical (unpaired) electrons. The summed E-state index contributed by atoms with van der Waals surface area (Å²) in [6, 6.07) is 0. The van der Waals surface area contributed by atoms with Gasteiger partial charge in [0.05, 0.1) is 13.0 Å². The molecule has 0 fully saturated rings. The molecule has 3 heteroatoms. The largest absolute Gasteiger partial charge is 0.469 e. The molecule has 0 aliphatic heterocycles. The van der Waals surface area contributed by atoms with Crippen molar-refractivity contribution in [3.8, 4) is 0 Å². The third-order valence-electron chi connectivity index (χ3n) is 4.13. The van der Waals surface area contributed by atoms with Crippen molar-refractivity contribution < 1.29 is 9.53 Å². The SMILES string of the molecule is CCCCCCCCCCCCCC[C@H](CBr)C(=O)OC. The predicted molar refractivity (Wildman–Crippen MR) is 95.0 cm³/mol. The highest BCUT2D eigenvalue weighted by molar-refractivity contribution is 9.09. The van der Waals surface area contributed by atoms with Gasteiger partial charge in [-0.15, -0.1) is 0 Å². The van der Waals surface area contributed by atoms with Crippen LogP contribution >= 0.6 is 15.9 Å². The molecule has 0 rings (SSSR count). The number of halogens is 1. The average Bonchev–Trinajstić information content (AvgIpc) is 2.51. The first kappa shape index (κ1) is 20.9. The van der Waals surface area contributed by atoms with Crippen molar-refractivity contribution >= 4 is 21.9 Å². The molecule has 0 heterocycles. The second-order valence-electron chi connectivity index (χ2n) is 6.05. The van der Waals surface area contributed by atoms with Crippen molar-refractivity contribution in [2.24, 2.45) is 5.92 Å². The Kier molecular flexibility index (Phi) is 16.3. The van der Waals surface area contributed by atoms with E-state index in [1.807, 2.05) is 0 Å². The maximum absolute atomic E-state index is 11.4. The van der Waals surface area contributed by atoms with Crippen LogP contribution < -0.4 is 0 Å². The van der Waals surface area contributed by atoms with Crippen LogP contribution in [0.5, 0.6) is 0 Å². The monoisotopic (exact) mass is 362 g/mol. The lowest BCUT2D eigenvalue weighted by atomic mass is 10.0. The summed E-state index contributed by atoms with van der Waals surface area (Å²) in [6.45, 7) is 2.27. The summed E-state index contributed by atoms with van der Waals surface area (Å²) in [4.78, 5) is 11.4. The van der Waals surface area contributed by atoms with E-state index in [1.165, 1.54) is 77.7 Å². The van der Waals surface area contributed by atoms with Crippen LogP contribution in [0.2, 0.25) is 0 Å². The highest BCUT2D eigenvalue weighted by atomic mass is 79.9. The van der Waals surface area contributed by atoms with Crippen molar-refractivity contribution in [2.45, 2.75) is 90.4 Å². The van der Waals surface area contributed by atoms with Crippen molar-refractivity contribution in [1.82, 2.24) is 0 Å². The van der Waals surface area contributed by atoms with E-state index in [-0.39, 0.29) is 11.9 Å². The first-order valence-electron chi connectivity index (χ1n) is 8.90. The maximum atomic E-state index is 11.4. The number of hydrogen-bond donors (Lipinski definition) is 0. The molecule has 1 atom stereocenters. The van der Waals surface area contributed by atoms with E-state index in [0.717, 1.165) is 18.2 Å². The Balaban J connectivity index is 3.23. The van der Waals surface area contributed by atoms with Crippen molar-refractivity contribution in [3.63, 3.8) is 0 Å². The Labute approximate surface area is 140 Å². The van der Waals surface area contributed by atoms with Gasteiger partial charge in [0.1, 0.15) is 0 Å². The molecule has 2 nitrogen and oxygen atoms in total. The van der Waals surface area contributed by atoms with Crippen LogP contribution in [0.15, 0.2) is 0 Å². The number of alkyl halides is 1. The van der Waals surface area contributed by atoms with Crippen molar-refractivity contribution in [2.75, 3.05) is 12.4 Å². The van der Waals surface area contributed by atoms with Gasteiger partial charge >= 0.3 is 5.97 Å². The maximum Gasteiger partial charge on any atom is 0.309 e. The number of ether oxygens (including phenoxy) is 1. The van der Waals surface area contributed by atoms with E-state index in [0.29, 0.717) is 0 Å². The van der Waals surface area contributed by atoms with E-state index in [1.54, 1.807) is 0 Å². The summed E-state index contributed by atoms with van der Waals surface area (Å²) < 4.78 is 4.79. The Hall–Kier alpha value is -0.0500. The summed E-state index contributed by atoms with van der Waals surface area (Å²) in [5.74, 6) is -0.0342. The van der Waals surface area contributed by atoms with Gasteiger partial charge in [-0.25, -0.2) is 0 Å². The van der Waals surface area contributed by atoms with Gasteiger partial charge in [-0.1, -0.05) is 99.9 Å². The van der Waals surface area contributed by atoms with E-state index >= 15 is 0 Å². The molecule has 0 aliphatic rings. The molecule has 0 aromatic heterocycles. The fourth-order valence-corrected chi connectivity index (χ4v) is 3.24. The number of carbonyl (C=O) groups is 1. The number of unbranched alkanes of at least 4 members (excludes halogenated alkanes) is 11. The van der Waals surface area contributed by atoms with Crippen molar-refractivity contribution in [3.05, 3.63) is 0 Å². The molecule has 0 aromatic rings. The second kappa shape index (κ2) is 16.3. The minimum atomic E-state index is -0.0741. The summed E-state index contributed by atoms with van der Waals surface area (Å²) in [6.07, 6.45) is 17.2. The second-order valence-corrected chi connectivity index (χ2v) is 6.70. The first-order valence-corrected chi connectivity index (χ1v) is 10.0. The fraction of sp³-hybridized carbons (Fsp3) is 0.944. The van der Waals surface area contributed by atoms with Crippen molar-refractivity contribution in [1.29, 1.82) is 0 Å². The highest BCUT2D eigenvalue weighted by Gasteiger charge is 2.16. The van der Waals surface area contributed by atoms with E-state index < -0.39 is 0 Å². The molecule has 0 aromatic carbocycles. The van der Waals surface area contributed by atoms with Crippen LogP contribution in [0.25, 0.3) is 0 Å². The number of rotatable bonds is 15. The summed E-state index contributed by atoms with van der Waals surface area (Å²) in [5.41, 5.74) is 0. The van der Waals surface area contributed by atoms with Crippen LogP contribution in [0.4, 0.5) is 0 Å². The van der Waals surface area contributed by atoms with Crippen LogP contribution in [-0.4, -0.2) is 18.4 Å². The molecule has 0 unspecified atom stereocenters. The fourth-order valence-electron chi connectivity index (χ4n) is 2.66. The summed E-state index contributed by atoms with van der Waals surface area (Å²) in [7, 11) is 1.47. The summed E-state index contributed by atoms with van der Waals surface area (Å²) in [5, 5.41) is 0.720. The van der Waals surface area contributed by atoms with Crippen LogP contribution in [0.1, 0.15) is 90.4 Å². The quantitative estimate of drug-likeness (QED) is 0.195. The van der Waals surface area contributed by atoms with Gasteiger partial charge in [0.2, 0.25) is 0 Å². The lowest BCUT2D eigenvalue weighted by Crippen LogP contribution is -2.17. The minimum absolute atomic E-state index is 0.0399. The summed E-state index contributed by atoms with van der Waals surface area (Å²) >= 11 is 3.39. The predicted octanol–water partition coefficient (Wildman–Crippen LogP) is 6.26. The van der Waals surface area contributed by atoms with Gasteiger partial charge in [0.25, 0.3) is 0 Å². The van der Waals surface area contributed by atoms with Crippen LogP contribution in [-0.2, 0) is 9.53 Å². The third kappa shape index (κ3) is 13.3. The van der Waals surface area contributed by atoms with Gasteiger partial charge in [0.15, 0.2) is 0 Å². The minimum Gasteiger partial charge on any atom is -0.469 e. The topological polar surface area (TPSA) is 26.3 Å². The molecule has 0 N–H and O–H groups in total. The molecule has 0 saturated carbocycles. The Bertz CT molecular complexity index is 231. The van der Waals surface area contributed by atoms with Gasteiger partial charge < -0.3 is 4.74 Å². The molecule has 21 heavy (non-hydrogen) atoms. The first-order chi connectivity index (χ1) is 10.3. The smallest absolute Gasteiger partial charge is 0.309 e. The van der Waals surface area contributed by atoms with E-state index in [9.17, 15) is 4.79 Å². The molecule has 0 spiro atoms. The van der Waals surface area contributed by atoms with E-state index in [4.69, 9.17) is 4.74 Å². The van der Waals surface area contributed by atoms with E-state index in [2.05, 4.69) is 22.9 Å². The molecule has 126 valence electrons. The molecule has 0 bridgehead atoms. The number of hydrogen-bond acceptors (Lipinski definition) is 2. The normalized spacial score (nSPS) is 12.3. The standard InChI is InChI=1S/C18H35BrO2/c1-3-4-5-6-7-8-9-10-11-12-13-14-15-17(16-19)18(20)21-2/h17H,3-16H2,1-2H3/t17-/m1/s1. The Morgan fingerprint density at radius 3 is 1.67 bits per heavy atom. The lowest BCUT2D eigenvalue weighted by molar-refractivity contribution is -0.144. The zero-order valence-corrected chi connectivity index (χ0v) is 15.8. The Morgan fingerprint density at radius 1 is 0.857 bits per heavy atom. The van der Waals surface area contributed by atoms with Crippen LogP contribution in [0, 0.1) is 5.92 Å². The zero-order chi connectivity index (χ0) is 15.8.